The van der Waals surface area contributed by atoms with Crippen molar-refractivity contribution in [3.8, 4) is 0 Å². The van der Waals surface area contributed by atoms with Crippen LogP contribution in [-0.2, 0) is 11.3 Å². The summed E-state index contributed by atoms with van der Waals surface area (Å²) in [5.74, 6) is 0.101. The van der Waals surface area contributed by atoms with Gasteiger partial charge in [-0.25, -0.2) is 0 Å². The van der Waals surface area contributed by atoms with Crippen LogP contribution in [-0.4, -0.2) is 22.8 Å². The van der Waals surface area contributed by atoms with E-state index < -0.39 is 5.97 Å². The van der Waals surface area contributed by atoms with E-state index in [2.05, 4.69) is 10.5 Å². The first-order valence-electron chi connectivity index (χ1n) is 5.53. The summed E-state index contributed by atoms with van der Waals surface area (Å²) in [5.41, 5.74) is 0.906. The van der Waals surface area contributed by atoms with Crippen molar-refractivity contribution in [3.63, 3.8) is 0 Å². The molecule has 0 fully saturated rings. The molecule has 0 saturated carbocycles. The fourth-order valence-electron chi connectivity index (χ4n) is 1.42. The van der Waals surface area contributed by atoms with Crippen LogP contribution < -0.4 is 5.32 Å². The zero-order chi connectivity index (χ0) is 11.8. The van der Waals surface area contributed by atoms with Crippen molar-refractivity contribution in [1.82, 2.24) is 10.5 Å². The monoisotopic (exact) mass is 226 g/mol. The Bertz CT molecular complexity index is 323. The molecule has 2 N–H and O–H groups in total. The number of hydrogen-bond acceptors (Lipinski definition) is 4. The fourth-order valence-corrected chi connectivity index (χ4v) is 1.42. The van der Waals surface area contributed by atoms with E-state index in [1.807, 2.05) is 13.0 Å². The average Bonchev–Trinajstić information content (AvgIpc) is 2.62. The maximum atomic E-state index is 10.2. The topological polar surface area (TPSA) is 75.4 Å². The molecule has 0 spiro atoms. The first-order chi connectivity index (χ1) is 7.68. The highest BCUT2D eigenvalue weighted by atomic mass is 16.5. The van der Waals surface area contributed by atoms with E-state index in [1.54, 1.807) is 0 Å². The number of hydrogen-bond donors (Lipinski definition) is 2. The van der Waals surface area contributed by atoms with E-state index in [0.717, 1.165) is 37.3 Å². The van der Waals surface area contributed by atoms with Crippen LogP contribution in [0.15, 0.2) is 10.6 Å². The Morgan fingerprint density at radius 2 is 2.31 bits per heavy atom. The second kappa shape index (κ2) is 7.00. The lowest BCUT2D eigenvalue weighted by molar-refractivity contribution is -0.137. The van der Waals surface area contributed by atoms with E-state index in [0.29, 0.717) is 6.54 Å². The molecule has 0 aliphatic rings. The van der Waals surface area contributed by atoms with Crippen molar-refractivity contribution in [1.29, 1.82) is 0 Å². The Balaban J connectivity index is 1.94. The molecule has 0 aromatic carbocycles. The largest absolute Gasteiger partial charge is 0.481 e. The third kappa shape index (κ3) is 5.50. The van der Waals surface area contributed by atoms with Crippen molar-refractivity contribution >= 4 is 5.97 Å². The third-order valence-corrected chi connectivity index (χ3v) is 2.23. The number of aryl methyl sites for hydroxylation is 1. The molecule has 0 saturated heterocycles. The molecular formula is C11H18N2O3. The Labute approximate surface area is 94.8 Å². The minimum atomic E-state index is -0.717. The Hall–Kier alpha value is -1.36. The number of carboxylic acid groups (broad SMARTS) is 1. The molecule has 5 nitrogen and oxygen atoms in total. The van der Waals surface area contributed by atoms with Gasteiger partial charge in [0.2, 0.25) is 0 Å². The summed E-state index contributed by atoms with van der Waals surface area (Å²) in [4.78, 5) is 10.2. The van der Waals surface area contributed by atoms with Crippen LogP contribution in [0.3, 0.4) is 0 Å². The van der Waals surface area contributed by atoms with E-state index in [9.17, 15) is 4.79 Å². The van der Waals surface area contributed by atoms with Gasteiger partial charge in [0.05, 0.1) is 5.69 Å². The average molecular weight is 226 g/mol. The summed E-state index contributed by atoms with van der Waals surface area (Å²) in [5, 5.41) is 15.5. The minimum Gasteiger partial charge on any atom is -0.481 e. The molecule has 0 bridgehead atoms. The summed E-state index contributed by atoms with van der Waals surface area (Å²) in [6.07, 6.45) is 2.95. The summed E-state index contributed by atoms with van der Waals surface area (Å²) in [6.45, 7) is 3.45. The smallest absolute Gasteiger partial charge is 0.303 e. The Morgan fingerprint density at radius 1 is 1.50 bits per heavy atom. The van der Waals surface area contributed by atoms with Gasteiger partial charge in [0.1, 0.15) is 5.76 Å². The fraction of sp³-hybridized carbons (Fsp3) is 0.636. The first kappa shape index (κ1) is 12.7. The molecule has 1 aromatic rings. The molecule has 0 amide bonds. The highest BCUT2D eigenvalue weighted by Crippen LogP contribution is 2.01. The van der Waals surface area contributed by atoms with Gasteiger partial charge in [-0.05, 0) is 26.3 Å². The van der Waals surface area contributed by atoms with Crippen LogP contribution in [0.2, 0.25) is 0 Å². The lowest BCUT2D eigenvalue weighted by Gasteiger charge is -2.01. The van der Waals surface area contributed by atoms with E-state index in [1.165, 1.54) is 0 Å². The third-order valence-electron chi connectivity index (χ3n) is 2.23. The van der Waals surface area contributed by atoms with Gasteiger partial charge in [0, 0.05) is 19.0 Å². The van der Waals surface area contributed by atoms with Crippen molar-refractivity contribution in [3.05, 3.63) is 17.5 Å². The van der Waals surface area contributed by atoms with Gasteiger partial charge in [-0.15, -0.1) is 0 Å². The van der Waals surface area contributed by atoms with Gasteiger partial charge < -0.3 is 14.9 Å². The molecule has 0 aliphatic heterocycles. The molecule has 0 aliphatic carbocycles. The predicted molar refractivity (Wildman–Crippen MR) is 59.1 cm³/mol. The molecule has 0 atom stereocenters. The maximum Gasteiger partial charge on any atom is 0.303 e. The van der Waals surface area contributed by atoms with Gasteiger partial charge in [-0.2, -0.15) is 0 Å². The highest BCUT2D eigenvalue weighted by Gasteiger charge is 1.99. The lowest BCUT2D eigenvalue weighted by atomic mass is 10.2. The normalized spacial score (nSPS) is 10.6. The zero-order valence-corrected chi connectivity index (χ0v) is 9.53. The quantitative estimate of drug-likeness (QED) is 0.660. The molecule has 1 rings (SSSR count). The van der Waals surface area contributed by atoms with Gasteiger partial charge in [-0.1, -0.05) is 11.6 Å². The summed E-state index contributed by atoms with van der Waals surface area (Å²) in [7, 11) is 0. The number of nitrogens with zero attached hydrogens (tertiary/aromatic N) is 1. The zero-order valence-electron chi connectivity index (χ0n) is 9.53. The standard InChI is InChI=1S/C11H18N2O3/c1-9-7-10(13-16-9)8-12-6-4-2-3-5-11(14)15/h7,12H,2-6,8H2,1H3,(H,14,15). The van der Waals surface area contributed by atoms with Gasteiger partial charge in [-0.3, -0.25) is 4.79 Å². The number of carboxylic acids is 1. The molecule has 16 heavy (non-hydrogen) atoms. The van der Waals surface area contributed by atoms with E-state index in [4.69, 9.17) is 9.63 Å². The molecule has 1 heterocycles. The van der Waals surface area contributed by atoms with E-state index in [-0.39, 0.29) is 6.42 Å². The van der Waals surface area contributed by atoms with Gasteiger partial charge >= 0.3 is 5.97 Å². The van der Waals surface area contributed by atoms with Crippen LogP contribution in [0.25, 0.3) is 0 Å². The SMILES string of the molecule is Cc1cc(CNCCCCCC(=O)O)no1. The minimum absolute atomic E-state index is 0.266. The van der Waals surface area contributed by atoms with Crippen molar-refractivity contribution in [2.75, 3.05) is 6.54 Å². The van der Waals surface area contributed by atoms with Crippen LogP contribution in [0.1, 0.15) is 37.1 Å². The number of aromatic nitrogens is 1. The number of unbranched alkanes of at least 4 members (excludes halogenated alkanes) is 2. The van der Waals surface area contributed by atoms with Crippen molar-refractivity contribution in [2.24, 2.45) is 0 Å². The molecular weight excluding hydrogens is 208 g/mol. The highest BCUT2D eigenvalue weighted by molar-refractivity contribution is 5.66. The first-order valence-corrected chi connectivity index (χ1v) is 5.53. The molecule has 90 valence electrons. The second-order valence-electron chi connectivity index (χ2n) is 3.81. The summed E-state index contributed by atoms with van der Waals surface area (Å²) >= 11 is 0. The lowest BCUT2D eigenvalue weighted by Crippen LogP contribution is -2.14. The second-order valence-corrected chi connectivity index (χ2v) is 3.81. The predicted octanol–water partition coefficient (Wildman–Crippen LogP) is 1.72. The molecule has 0 unspecified atom stereocenters. The van der Waals surface area contributed by atoms with Gasteiger partial charge in [0.25, 0.3) is 0 Å². The van der Waals surface area contributed by atoms with Crippen molar-refractivity contribution in [2.45, 2.75) is 39.2 Å². The van der Waals surface area contributed by atoms with Crippen LogP contribution in [0, 0.1) is 6.92 Å². The number of carbonyl (C=O) groups is 1. The number of rotatable bonds is 8. The van der Waals surface area contributed by atoms with E-state index >= 15 is 0 Å². The maximum absolute atomic E-state index is 10.2. The molecule has 5 heteroatoms. The Morgan fingerprint density at radius 3 is 2.94 bits per heavy atom. The van der Waals surface area contributed by atoms with Crippen LogP contribution in [0.4, 0.5) is 0 Å². The van der Waals surface area contributed by atoms with Crippen molar-refractivity contribution < 1.29 is 14.4 Å². The summed E-state index contributed by atoms with van der Waals surface area (Å²) in [6, 6.07) is 1.90. The Kier molecular flexibility index (Phi) is 5.56. The molecule has 0 radical (unpaired) electrons. The van der Waals surface area contributed by atoms with Gasteiger partial charge in [0.15, 0.2) is 0 Å². The molecule has 1 aromatic heterocycles. The summed E-state index contributed by atoms with van der Waals surface area (Å²) < 4.78 is 4.93. The number of nitrogens with one attached hydrogen (secondary N) is 1. The van der Waals surface area contributed by atoms with Crippen LogP contribution in [0.5, 0.6) is 0 Å². The van der Waals surface area contributed by atoms with Crippen LogP contribution >= 0.6 is 0 Å². The number of aliphatic carboxylic acids is 1.